The van der Waals surface area contributed by atoms with Crippen molar-refractivity contribution in [3.63, 3.8) is 0 Å². The van der Waals surface area contributed by atoms with E-state index in [1.54, 1.807) is 6.07 Å². The molecule has 0 spiro atoms. The van der Waals surface area contributed by atoms with Crippen LogP contribution in [0.25, 0.3) is 16.6 Å². The van der Waals surface area contributed by atoms with Crippen molar-refractivity contribution >= 4 is 34.1 Å². The fourth-order valence-electron chi connectivity index (χ4n) is 6.26. The minimum absolute atomic E-state index is 0.119. The summed E-state index contributed by atoms with van der Waals surface area (Å²) in [6.07, 6.45) is 3.43. The van der Waals surface area contributed by atoms with Gasteiger partial charge in [-0.2, -0.15) is 9.94 Å². The molecule has 0 amide bonds. The van der Waals surface area contributed by atoms with Gasteiger partial charge in [-0.05, 0) is 79.0 Å². The van der Waals surface area contributed by atoms with Crippen molar-refractivity contribution in [2.75, 3.05) is 0 Å². The molecule has 1 saturated carbocycles. The van der Waals surface area contributed by atoms with Crippen LogP contribution in [0.5, 0.6) is 11.5 Å². The van der Waals surface area contributed by atoms with E-state index in [9.17, 15) is 9.59 Å². The summed E-state index contributed by atoms with van der Waals surface area (Å²) >= 11 is 13.0. The smallest absolute Gasteiger partial charge is 0.349 e. The molecule has 5 rings (SSSR count). The third kappa shape index (κ3) is 5.49. The van der Waals surface area contributed by atoms with Gasteiger partial charge in [0.1, 0.15) is 11.8 Å². The van der Waals surface area contributed by atoms with Gasteiger partial charge >= 0.3 is 5.69 Å². The molecule has 0 aliphatic heterocycles. The van der Waals surface area contributed by atoms with E-state index in [4.69, 9.17) is 38.2 Å². The Hall–Kier alpha value is -3.67. The fraction of sp³-hybridized carbons (Fsp3) is 0.367. The van der Waals surface area contributed by atoms with Gasteiger partial charge in [-0.25, -0.2) is 4.79 Å². The average Bonchev–Trinajstić information content (AvgIpc) is 2.84. The lowest BCUT2D eigenvalue weighted by molar-refractivity contribution is 0.0956. The zero-order valence-electron chi connectivity index (χ0n) is 22.9. The molecule has 1 aliphatic rings. The van der Waals surface area contributed by atoms with Gasteiger partial charge in [-0.1, -0.05) is 50.9 Å². The number of aromatic amines is 1. The first kappa shape index (κ1) is 27.9. The van der Waals surface area contributed by atoms with Crippen LogP contribution in [0.15, 0.2) is 46.0 Å². The Morgan fingerprint density at radius 2 is 1.70 bits per heavy atom. The summed E-state index contributed by atoms with van der Waals surface area (Å²) in [7, 11) is 0. The molecule has 0 radical (unpaired) electrons. The molecule has 1 aliphatic carbocycles. The monoisotopic (exact) mass is 577 g/mol. The normalized spacial score (nSPS) is 16.6. The largest absolute Gasteiger partial charge is 0.454 e. The number of nitrogens with zero attached hydrogens (tertiary/aromatic N) is 4. The lowest BCUT2D eigenvalue weighted by atomic mass is 9.61. The minimum Gasteiger partial charge on any atom is -0.454 e. The summed E-state index contributed by atoms with van der Waals surface area (Å²) < 4.78 is 6.93. The molecular weight excluding hydrogens is 549 g/mol. The predicted octanol–water partition coefficient (Wildman–Crippen LogP) is 7.07. The number of rotatable bonds is 4. The highest BCUT2D eigenvalue weighted by atomic mass is 35.5. The Labute approximate surface area is 241 Å². The first-order valence-corrected chi connectivity index (χ1v) is 13.7. The van der Waals surface area contributed by atoms with Crippen LogP contribution in [0.2, 0.25) is 10.0 Å². The minimum atomic E-state index is -0.875. The Morgan fingerprint density at radius 3 is 2.33 bits per heavy atom. The zero-order chi connectivity index (χ0) is 29.0. The lowest BCUT2D eigenvalue weighted by Gasteiger charge is -2.45. The number of H-pyrrole nitrogens is 1. The van der Waals surface area contributed by atoms with Crippen LogP contribution >= 0.6 is 23.2 Å². The summed E-state index contributed by atoms with van der Waals surface area (Å²) in [5.74, 6) is 1.12. The third-order valence-corrected chi connectivity index (χ3v) is 7.92. The van der Waals surface area contributed by atoms with Crippen LogP contribution < -0.4 is 16.0 Å². The number of aryl methyl sites for hydroxylation is 1. The van der Waals surface area contributed by atoms with E-state index < -0.39 is 16.9 Å². The molecule has 206 valence electrons. The van der Waals surface area contributed by atoms with Crippen molar-refractivity contribution in [2.24, 2.45) is 10.8 Å². The van der Waals surface area contributed by atoms with E-state index >= 15 is 0 Å². The zero-order valence-corrected chi connectivity index (χ0v) is 24.4. The van der Waals surface area contributed by atoms with Crippen LogP contribution in [-0.4, -0.2) is 19.7 Å². The number of aromatic nitrogens is 4. The molecule has 4 aromatic rings. The molecule has 1 fully saturated rings. The number of ether oxygens (including phenoxy) is 1. The van der Waals surface area contributed by atoms with Crippen LogP contribution in [0.1, 0.15) is 69.8 Å². The van der Waals surface area contributed by atoms with Crippen LogP contribution in [0.3, 0.4) is 0 Å². The summed E-state index contributed by atoms with van der Waals surface area (Å²) in [6.45, 7) is 11.5. The molecule has 2 aromatic heterocycles. The number of fused-ring (bicyclic) bond motifs is 1. The van der Waals surface area contributed by atoms with Crippen LogP contribution in [0, 0.1) is 29.1 Å². The molecule has 0 saturated heterocycles. The summed E-state index contributed by atoms with van der Waals surface area (Å²) in [4.78, 5) is 31.0. The molecule has 8 nitrogen and oxygen atoms in total. The van der Waals surface area contributed by atoms with Crippen molar-refractivity contribution in [1.29, 1.82) is 5.26 Å². The van der Waals surface area contributed by atoms with Gasteiger partial charge in [-0.3, -0.25) is 14.8 Å². The van der Waals surface area contributed by atoms with E-state index in [1.807, 2.05) is 23.2 Å². The van der Waals surface area contributed by atoms with Crippen LogP contribution in [0.4, 0.5) is 0 Å². The summed E-state index contributed by atoms with van der Waals surface area (Å²) in [5.41, 5.74) is 1.66. The maximum absolute atomic E-state index is 12.3. The van der Waals surface area contributed by atoms with Crippen molar-refractivity contribution in [3.8, 4) is 23.3 Å². The molecule has 10 heteroatoms. The molecule has 2 heterocycles. The maximum atomic E-state index is 12.3. The van der Waals surface area contributed by atoms with E-state index in [2.05, 4.69) is 45.8 Å². The quantitative estimate of drug-likeness (QED) is 0.277. The van der Waals surface area contributed by atoms with Crippen LogP contribution in [-0.2, 0) is 0 Å². The molecular formula is C30H29Cl2N5O3. The second-order valence-electron chi connectivity index (χ2n) is 12.1. The Balaban J connectivity index is 1.46. The number of hydrogen-bond donors (Lipinski definition) is 1. The lowest BCUT2D eigenvalue weighted by Crippen LogP contribution is -2.33. The Morgan fingerprint density at radius 1 is 1.05 bits per heavy atom. The van der Waals surface area contributed by atoms with Gasteiger partial charge in [0.25, 0.3) is 5.56 Å². The standard InChI is InChI=1S/C30H29Cl2N5O3/c1-16-8-24(17-12-29(2,3)15-30(4,5)13-17)34-23-7-6-19(11-20(16)23)40-26-21(31)9-18(10-22(26)32)37-28(39)35-27(38)25(14-33)36-37/h6-11,17H,12-13,15H2,1-5H3,(H,35,38,39). The van der Waals surface area contributed by atoms with Gasteiger partial charge in [0.2, 0.25) is 5.69 Å². The van der Waals surface area contributed by atoms with Gasteiger partial charge < -0.3 is 4.74 Å². The Bertz CT molecular complexity index is 1780. The predicted molar refractivity (Wildman–Crippen MR) is 156 cm³/mol. The van der Waals surface area contributed by atoms with Gasteiger partial charge in [0.05, 0.1) is 21.2 Å². The molecule has 0 bridgehead atoms. The number of halogens is 2. The molecule has 0 atom stereocenters. The second-order valence-corrected chi connectivity index (χ2v) is 12.9. The highest BCUT2D eigenvalue weighted by molar-refractivity contribution is 6.37. The van der Waals surface area contributed by atoms with E-state index in [1.165, 1.54) is 18.6 Å². The second kappa shape index (κ2) is 10.1. The summed E-state index contributed by atoms with van der Waals surface area (Å²) in [6, 6.07) is 12.3. The van der Waals surface area contributed by atoms with Crippen molar-refractivity contribution in [1.82, 2.24) is 19.7 Å². The molecule has 1 N–H and O–H groups in total. The van der Waals surface area contributed by atoms with Crippen molar-refractivity contribution in [3.05, 3.63) is 84.2 Å². The van der Waals surface area contributed by atoms with Crippen molar-refractivity contribution < 1.29 is 4.74 Å². The molecule has 40 heavy (non-hydrogen) atoms. The van der Waals surface area contributed by atoms with Gasteiger partial charge in [-0.15, -0.1) is 5.10 Å². The Kier molecular flexibility index (Phi) is 7.01. The SMILES string of the molecule is Cc1cc(C2CC(C)(C)CC(C)(C)C2)nc2ccc(Oc3c(Cl)cc(-n4nc(C#N)c(=O)[nH]c4=O)cc3Cl)cc12. The number of hydrogen-bond acceptors (Lipinski definition) is 6. The maximum Gasteiger partial charge on any atom is 0.349 e. The number of benzene rings is 2. The summed E-state index contributed by atoms with van der Waals surface area (Å²) in [5, 5.41) is 14.1. The third-order valence-electron chi connectivity index (χ3n) is 7.36. The van der Waals surface area contributed by atoms with E-state index in [-0.39, 0.29) is 32.3 Å². The van der Waals surface area contributed by atoms with E-state index in [0.717, 1.165) is 39.7 Å². The number of pyridine rings is 1. The highest BCUT2D eigenvalue weighted by Gasteiger charge is 2.39. The first-order valence-electron chi connectivity index (χ1n) is 13.0. The average molecular weight is 579 g/mol. The van der Waals surface area contributed by atoms with Gasteiger partial charge in [0, 0.05) is 17.0 Å². The van der Waals surface area contributed by atoms with Crippen molar-refractivity contribution in [2.45, 2.75) is 59.8 Å². The number of nitriles is 1. The van der Waals surface area contributed by atoms with Gasteiger partial charge in [0.15, 0.2) is 5.75 Å². The topological polar surface area (TPSA) is 114 Å². The fourth-order valence-corrected chi connectivity index (χ4v) is 6.81. The molecule has 2 aromatic carbocycles. The first-order chi connectivity index (χ1) is 18.7. The number of nitrogens with one attached hydrogen (secondary N) is 1. The van der Waals surface area contributed by atoms with E-state index in [0.29, 0.717) is 11.7 Å². The highest BCUT2D eigenvalue weighted by Crippen LogP contribution is 2.51. The molecule has 0 unspecified atom stereocenters.